The zero-order valence-electron chi connectivity index (χ0n) is 15.2. The molecule has 1 aromatic heterocycles. The molecule has 1 heterocycles. The average Bonchev–Trinajstić information content (AvgIpc) is 3.17. The van der Waals surface area contributed by atoms with Crippen LogP contribution in [0.25, 0.3) is 11.3 Å². The van der Waals surface area contributed by atoms with Crippen LogP contribution in [-0.2, 0) is 6.54 Å². The Hall–Kier alpha value is -3.55. The number of ether oxygens (including phenoxy) is 2. The first-order chi connectivity index (χ1) is 13.2. The van der Waals surface area contributed by atoms with E-state index in [-0.39, 0.29) is 6.03 Å². The van der Waals surface area contributed by atoms with Gasteiger partial charge in [0.25, 0.3) is 0 Å². The largest absolute Gasteiger partial charge is 0.493 e. The van der Waals surface area contributed by atoms with Crippen molar-refractivity contribution in [3.8, 4) is 22.8 Å². The zero-order valence-corrected chi connectivity index (χ0v) is 15.2. The molecule has 8 heteroatoms. The van der Waals surface area contributed by atoms with Crippen LogP contribution >= 0.6 is 0 Å². The highest BCUT2D eigenvalue weighted by Gasteiger charge is 2.09. The maximum atomic E-state index is 11.9. The summed E-state index contributed by atoms with van der Waals surface area (Å²) in [6.45, 7) is 0.926. The Morgan fingerprint density at radius 3 is 2.59 bits per heavy atom. The van der Waals surface area contributed by atoms with Crippen molar-refractivity contribution in [1.82, 2.24) is 20.3 Å². The SMILES string of the molecule is COc1ccc(-c2cn(CCNC(=O)Nc3ccccc3)nn2)cc1OC. The fourth-order valence-corrected chi connectivity index (χ4v) is 2.52. The van der Waals surface area contributed by atoms with E-state index in [1.54, 1.807) is 18.9 Å². The molecule has 0 saturated carbocycles. The number of para-hydroxylation sites is 1. The molecule has 2 aromatic carbocycles. The standard InChI is InChI=1S/C19H21N5O3/c1-26-17-9-8-14(12-18(17)27-2)16-13-24(23-22-16)11-10-20-19(25)21-15-6-4-3-5-7-15/h3-9,12-13H,10-11H2,1-2H3,(H2,20,21,25). The summed E-state index contributed by atoms with van der Waals surface area (Å²) < 4.78 is 12.2. The van der Waals surface area contributed by atoms with Crippen LogP contribution in [0.5, 0.6) is 11.5 Å². The lowest BCUT2D eigenvalue weighted by Gasteiger charge is -2.08. The van der Waals surface area contributed by atoms with Crippen molar-refractivity contribution < 1.29 is 14.3 Å². The molecule has 0 bridgehead atoms. The van der Waals surface area contributed by atoms with Crippen LogP contribution in [0.4, 0.5) is 10.5 Å². The third-order valence-corrected chi connectivity index (χ3v) is 3.88. The first kappa shape index (κ1) is 18.2. The van der Waals surface area contributed by atoms with E-state index in [1.165, 1.54) is 0 Å². The number of rotatable bonds is 7. The second-order valence-electron chi connectivity index (χ2n) is 5.68. The Morgan fingerprint density at radius 2 is 1.85 bits per heavy atom. The second-order valence-corrected chi connectivity index (χ2v) is 5.68. The first-order valence-corrected chi connectivity index (χ1v) is 8.42. The Kier molecular flexibility index (Phi) is 5.88. The van der Waals surface area contributed by atoms with Gasteiger partial charge in [0.2, 0.25) is 0 Å². The summed E-state index contributed by atoms with van der Waals surface area (Å²) >= 11 is 0. The third-order valence-electron chi connectivity index (χ3n) is 3.88. The van der Waals surface area contributed by atoms with E-state index in [0.29, 0.717) is 30.3 Å². The molecule has 0 radical (unpaired) electrons. The van der Waals surface area contributed by atoms with Crippen LogP contribution in [0.15, 0.2) is 54.7 Å². The van der Waals surface area contributed by atoms with Gasteiger partial charge in [0.05, 0.1) is 27.0 Å². The third kappa shape index (κ3) is 4.75. The number of hydrogen-bond donors (Lipinski definition) is 2. The molecule has 2 N–H and O–H groups in total. The number of nitrogens with zero attached hydrogens (tertiary/aromatic N) is 3. The highest BCUT2D eigenvalue weighted by molar-refractivity contribution is 5.89. The van der Waals surface area contributed by atoms with E-state index >= 15 is 0 Å². The number of benzene rings is 2. The normalized spacial score (nSPS) is 10.3. The summed E-state index contributed by atoms with van der Waals surface area (Å²) in [5.74, 6) is 1.28. The van der Waals surface area contributed by atoms with Crippen molar-refractivity contribution >= 4 is 11.7 Å². The number of hydrogen-bond acceptors (Lipinski definition) is 5. The Balaban J connectivity index is 1.54. The van der Waals surface area contributed by atoms with Gasteiger partial charge in [0, 0.05) is 17.8 Å². The van der Waals surface area contributed by atoms with Crippen molar-refractivity contribution in [1.29, 1.82) is 0 Å². The van der Waals surface area contributed by atoms with Gasteiger partial charge in [-0.05, 0) is 30.3 Å². The molecule has 0 aliphatic heterocycles. The van der Waals surface area contributed by atoms with Gasteiger partial charge in [-0.1, -0.05) is 23.4 Å². The summed E-state index contributed by atoms with van der Waals surface area (Å²) in [5.41, 5.74) is 2.32. The Bertz CT molecular complexity index is 895. The lowest BCUT2D eigenvalue weighted by Crippen LogP contribution is -2.31. The number of amides is 2. The van der Waals surface area contributed by atoms with E-state index in [9.17, 15) is 4.79 Å². The number of urea groups is 1. The Labute approximate surface area is 157 Å². The minimum atomic E-state index is -0.263. The molecular weight excluding hydrogens is 346 g/mol. The molecule has 0 aliphatic rings. The predicted octanol–water partition coefficient (Wildman–Crippen LogP) is 2.78. The Morgan fingerprint density at radius 1 is 1.07 bits per heavy atom. The maximum absolute atomic E-state index is 11.9. The smallest absolute Gasteiger partial charge is 0.319 e. The molecule has 0 spiro atoms. The van der Waals surface area contributed by atoms with E-state index in [4.69, 9.17) is 9.47 Å². The highest BCUT2D eigenvalue weighted by atomic mass is 16.5. The maximum Gasteiger partial charge on any atom is 0.319 e. The van der Waals surface area contributed by atoms with Crippen LogP contribution in [-0.4, -0.2) is 41.8 Å². The fourth-order valence-electron chi connectivity index (χ4n) is 2.52. The van der Waals surface area contributed by atoms with Crippen molar-refractivity contribution in [3.63, 3.8) is 0 Å². The molecule has 27 heavy (non-hydrogen) atoms. The number of carbonyl (C=O) groups is 1. The molecule has 3 aromatic rings. The summed E-state index contributed by atoms with van der Waals surface area (Å²) in [6, 6.07) is 14.6. The van der Waals surface area contributed by atoms with Crippen molar-refractivity contribution in [3.05, 3.63) is 54.7 Å². The van der Waals surface area contributed by atoms with Crippen LogP contribution in [0.1, 0.15) is 0 Å². The van der Waals surface area contributed by atoms with Crippen LogP contribution < -0.4 is 20.1 Å². The minimum absolute atomic E-state index is 0.263. The van der Waals surface area contributed by atoms with E-state index in [0.717, 1.165) is 11.3 Å². The van der Waals surface area contributed by atoms with Gasteiger partial charge in [-0.15, -0.1) is 5.10 Å². The minimum Gasteiger partial charge on any atom is -0.493 e. The van der Waals surface area contributed by atoms with Gasteiger partial charge in [0.1, 0.15) is 5.69 Å². The quantitative estimate of drug-likeness (QED) is 0.670. The van der Waals surface area contributed by atoms with Crippen LogP contribution in [0.3, 0.4) is 0 Å². The lowest BCUT2D eigenvalue weighted by atomic mass is 10.1. The van der Waals surface area contributed by atoms with Crippen LogP contribution in [0.2, 0.25) is 0 Å². The van der Waals surface area contributed by atoms with Gasteiger partial charge < -0.3 is 20.1 Å². The molecule has 0 unspecified atom stereocenters. The molecule has 0 saturated heterocycles. The fraction of sp³-hybridized carbons (Fsp3) is 0.211. The second kappa shape index (κ2) is 8.70. The molecule has 3 rings (SSSR count). The van der Waals surface area contributed by atoms with Gasteiger partial charge in [-0.25, -0.2) is 4.79 Å². The predicted molar refractivity (Wildman–Crippen MR) is 102 cm³/mol. The zero-order chi connectivity index (χ0) is 19.1. The molecule has 140 valence electrons. The molecule has 0 fully saturated rings. The van der Waals surface area contributed by atoms with E-state index < -0.39 is 0 Å². The molecule has 2 amide bonds. The number of aromatic nitrogens is 3. The summed E-state index contributed by atoms with van der Waals surface area (Å²) in [4.78, 5) is 11.9. The van der Waals surface area contributed by atoms with Crippen molar-refractivity contribution in [2.24, 2.45) is 0 Å². The van der Waals surface area contributed by atoms with Gasteiger partial charge in [0.15, 0.2) is 11.5 Å². The molecular formula is C19H21N5O3. The highest BCUT2D eigenvalue weighted by Crippen LogP contribution is 2.31. The van der Waals surface area contributed by atoms with Gasteiger partial charge in [-0.3, -0.25) is 4.68 Å². The molecule has 8 nitrogen and oxygen atoms in total. The average molecular weight is 367 g/mol. The van der Waals surface area contributed by atoms with Gasteiger partial charge in [-0.2, -0.15) is 0 Å². The van der Waals surface area contributed by atoms with Crippen molar-refractivity contribution in [2.75, 3.05) is 26.1 Å². The van der Waals surface area contributed by atoms with Crippen LogP contribution in [0, 0.1) is 0 Å². The van der Waals surface area contributed by atoms with Gasteiger partial charge >= 0.3 is 6.03 Å². The summed E-state index contributed by atoms with van der Waals surface area (Å²) in [7, 11) is 3.18. The number of carbonyl (C=O) groups excluding carboxylic acids is 1. The number of nitrogens with one attached hydrogen (secondary N) is 2. The monoisotopic (exact) mass is 367 g/mol. The summed E-state index contributed by atoms with van der Waals surface area (Å²) in [5, 5.41) is 13.8. The van der Waals surface area contributed by atoms with E-state index in [2.05, 4.69) is 20.9 Å². The number of anilines is 1. The molecule has 0 aliphatic carbocycles. The summed E-state index contributed by atoms with van der Waals surface area (Å²) in [6.07, 6.45) is 1.82. The lowest BCUT2D eigenvalue weighted by molar-refractivity contribution is 0.251. The van der Waals surface area contributed by atoms with Crippen molar-refractivity contribution in [2.45, 2.75) is 6.54 Å². The first-order valence-electron chi connectivity index (χ1n) is 8.42. The van der Waals surface area contributed by atoms with E-state index in [1.807, 2.05) is 54.7 Å². The topological polar surface area (TPSA) is 90.3 Å². The number of methoxy groups -OCH3 is 2. The molecule has 0 atom stereocenters.